The van der Waals surface area contributed by atoms with Crippen molar-refractivity contribution in [2.75, 3.05) is 32.5 Å². The Morgan fingerprint density at radius 3 is 2.86 bits per heavy atom. The fraction of sp³-hybridized carbons (Fsp3) is 0.571. The summed E-state index contributed by atoms with van der Waals surface area (Å²) in [5, 5.41) is 3.85. The van der Waals surface area contributed by atoms with E-state index in [1.165, 1.54) is 7.11 Å². The summed E-state index contributed by atoms with van der Waals surface area (Å²) < 4.78 is 31.9. The third kappa shape index (κ3) is 4.81. The molecule has 1 aromatic rings. The predicted molar refractivity (Wildman–Crippen MR) is 91.3 cm³/mol. The van der Waals surface area contributed by atoms with E-state index in [0.29, 0.717) is 24.7 Å². The van der Waals surface area contributed by atoms with Gasteiger partial charge in [-0.2, -0.15) is 4.31 Å². The number of halogens is 2. The van der Waals surface area contributed by atoms with Crippen LogP contribution in [0.3, 0.4) is 0 Å². The van der Waals surface area contributed by atoms with E-state index in [-0.39, 0.29) is 30.3 Å². The molecule has 5 nitrogen and oxygen atoms in total. The average molecular weight is 369 g/mol. The number of rotatable bonds is 5. The summed E-state index contributed by atoms with van der Waals surface area (Å²) in [6.07, 6.45) is -0.329. The van der Waals surface area contributed by atoms with Gasteiger partial charge in [0.05, 0.1) is 17.9 Å². The fourth-order valence-electron chi connectivity index (χ4n) is 2.48. The van der Waals surface area contributed by atoms with Crippen molar-refractivity contribution in [3.63, 3.8) is 0 Å². The van der Waals surface area contributed by atoms with Gasteiger partial charge in [0, 0.05) is 31.8 Å². The molecule has 1 saturated heterocycles. The monoisotopic (exact) mass is 368 g/mol. The van der Waals surface area contributed by atoms with E-state index < -0.39 is 10.0 Å². The van der Waals surface area contributed by atoms with Gasteiger partial charge in [0.15, 0.2) is 0 Å². The van der Waals surface area contributed by atoms with Crippen LogP contribution in [0.15, 0.2) is 24.3 Å². The van der Waals surface area contributed by atoms with Gasteiger partial charge in [-0.1, -0.05) is 23.7 Å². The third-order valence-corrected chi connectivity index (χ3v) is 5.91. The highest BCUT2D eigenvalue weighted by molar-refractivity contribution is 7.89. The molecular formula is C14H22Cl2N2O3S. The molecule has 1 heterocycles. The maximum atomic E-state index is 12.6. The molecule has 0 saturated carbocycles. The minimum absolute atomic E-state index is 0. The lowest BCUT2D eigenvalue weighted by atomic mass is 10.1. The Bertz CT molecular complexity index is 583. The lowest BCUT2D eigenvalue weighted by molar-refractivity contribution is 0.134. The minimum atomic E-state index is -3.38. The van der Waals surface area contributed by atoms with Gasteiger partial charge in [0.25, 0.3) is 0 Å². The zero-order valence-electron chi connectivity index (χ0n) is 12.7. The van der Waals surface area contributed by atoms with E-state index in [1.807, 2.05) is 18.2 Å². The second-order valence-corrected chi connectivity index (χ2v) is 7.61. The van der Waals surface area contributed by atoms with E-state index in [2.05, 4.69) is 5.32 Å². The van der Waals surface area contributed by atoms with Crippen LogP contribution >= 0.6 is 24.0 Å². The maximum absolute atomic E-state index is 12.6. The first-order valence-corrected chi connectivity index (χ1v) is 8.91. The normalized spacial score (nSPS) is 21.1. The van der Waals surface area contributed by atoms with Crippen molar-refractivity contribution in [2.24, 2.45) is 0 Å². The van der Waals surface area contributed by atoms with Crippen LogP contribution in [0.1, 0.15) is 18.5 Å². The number of methoxy groups -OCH3 is 1. The number of hydrogen-bond donors (Lipinski definition) is 1. The zero-order valence-corrected chi connectivity index (χ0v) is 15.0. The first-order chi connectivity index (χ1) is 9.94. The van der Waals surface area contributed by atoms with Gasteiger partial charge in [-0.15, -0.1) is 12.4 Å². The summed E-state index contributed by atoms with van der Waals surface area (Å²) in [5.74, 6) is -0.0133. The lowest BCUT2D eigenvalue weighted by Crippen LogP contribution is -2.50. The third-order valence-electron chi connectivity index (χ3n) is 3.63. The van der Waals surface area contributed by atoms with Crippen molar-refractivity contribution in [3.05, 3.63) is 34.9 Å². The summed E-state index contributed by atoms with van der Waals surface area (Å²) in [6.45, 7) is 3.45. The fourth-order valence-corrected chi connectivity index (χ4v) is 4.55. The molecule has 0 aromatic heterocycles. The summed E-state index contributed by atoms with van der Waals surface area (Å²) in [7, 11) is -1.86. The smallest absolute Gasteiger partial charge is 0.217 e. The van der Waals surface area contributed by atoms with Crippen LogP contribution in [-0.2, 0) is 14.8 Å². The van der Waals surface area contributed by atoms with Crippen LogP contribution in [0.5, 0.6) is 0 Å². The second kappa shape index (κ2) is 8.47. The number of benzene rings is 1. The van der Waals surface area contributed by atoms with Gasteiger partial charge in [-0.05, 0) is 24.6 Å². The van der Waals surface area contributed by atoms with Crippen LogP contribution in [-0.4, -0.2) is 51.3 Å². The first kappa shape index (κ1) is 19.7. The molecule has 2 atom stereocenters. The molecule has 2 rings (SSSR count). The van der Waals surface area contributed by atoms with Crippen LogP contribution in [0.25, 0.3) is 0 Å². The molecule has 0 radical (unpaired) electrons. The first-order valence-electron chi connectivity index (χ1n) is 6.92. The number of piperazine rings is 1. The SMILES string of the molecule is COC(C)CS(=O)(=O)N1CCNCC1c1cccc(Cl)c1.Cl. The average Bonchev–Trinajstić information content (AvgIpc) is 2.46. The van der Waals surface area contributed by atoms with Crippen LogP contribution in [0, 0.1) is 0 Å². The molecular weight excluding hydrogens is 347 g/mol. The molecule has 0 aliphatic carbocycles. The summed E-state index contributed by atoms with van der Waals surface area (Å²) in [5.41, 5.74) is 0.906. The molecule has 1 fully saturated rings. The largest absolute Gasteiger partial charge is 0.381 e. The number of ether oxygens (including phenoxy) is 1. The molecule has 0 bridgehead atoms. The Morgan fingerprint density at radius 1 is 1.50 bits per heavy atom. The van der Waals surface area contributed by atoms with Gasteiger partial charge in [-0.25, -0.2) is 8.42 Å². The Hall–Kier alpha value is -0.370. The summed E-state index contributed by atoms with van der Waals surface area (Å²) in [4.78, 5) is 0. The van der Waals surface area contributed by atoms with Crippen LogP contribution < -0.4 is 5.32 Å². The van der Waals surface area contributed by atoms with Crippen molar-refractivity contribution in [1.29, 1.82) is 0 Å². The van der Waals surface area contributed by atoms with Crippen molar-refractivity contribution in [2.45, 2.75) is 19.1 Å². The van der Waals surface area contributed by atoms with Gasteiger partial charge < -0.3 is 10.1 Å². The van der Waals surface area contributed by atoms with E-state index in [4.69, 9.17) is 16.3 Å². The maximum Gasteiger partial charge on any atom is 0.217 e. The second-order valence-electron chi connectivity index (χ2n) is 5.21. The Kier molecular flexibility index (Phi) is 7.58. The molecule has 126 valence electrons. The van der Waals surface area contributed by atoms with Crippen LogP contribution in [0.2, 0.25) is 5.02 Å². The van der Waals surface area contributed by atoms with Crippen molar-refractivity contribution in [3.8, 4) is 0 Å². The molecule has 1 N–H and O–H groups in total. The Morgan fingerprint density at radius 2 is 2.23 bits per heavy atom. The summed E-state index contributed by atoms with van der Waals surface area (Å²) in [6, 6.07) is 7.13. The number of hydrogen-bond acceptors (Lipinski definition) is 4. The van der Waals surface area contributed by atoms with Gasteiger partial charge in [0.1, 0.15) is 0 Å². The van der Waals surface area contributed by atoms with E-state index in [1.54, 1.807) is 17.3 Å². The molecule has 2 unspecified atom stereocenters. The van der Waals surface area contributed by atoms with Crippen molar-refractivity contribution >= 4 is 34.0 Å². The predicted octanol–water partition coefficient (Wildman–Crippen LogP) is 2.07. The molecule has 1 aliphatic heterocycles. The summed E-state index contributed by atoms with van der Waals surface area (Å²) >= 11 is 6.02. The van der Waals surface area contributed by atoms with Gasteiger partial charge in [-0.3, -0.25) is 0 Å². The highest BCUT2D eigenvalue weighted by Crippen LogP contribution is 2.27. The topological polar surface area (TPSA) is 58.6 Å². The highest BCUT2D eigenvalue weighted by atomic mass is 35.5. The molecule has 22 heavy (non-hydrogen) atoms. The van der Waals surface area contributed by atoms with Crippen molar-refractivity contribution < 1.29 is 13.2 Å². The number of nitrogens with one attached hydrogen (secondary N) is 1. The Labute approximate surface area is 143 Å². The minimum Gasteiger partial charge on any atom is -0.381 e. The molecule has 8 heteroatoms. The number of nitrogens with zero attached hydrogens (tertiary/aromatic N) is 1. The molecule has 0 amide bonds. The molecule has 1 aliphatic rings. The number of sulfonamides is 1. The molecule has 0 spiro atoms. The lowest BCUT2D eigenvalue weighted by Gasteiger charge is -2.36. The Balaban J connectivity index is 0.00000242. The van der Waals surface area contributed by atoms with E-state index >= 15 is 0 Å². The quantitative estimate of drug-likeness (QED) is 0.864. The highest BCUT2D eigenvalue weighted by Gasteiger charge is 2.34. The van der Waals surface area contributed by atoms with Gasteiger partial charge >= 0.3 is 0 Å². The zero-order chi connectivity index (χ0) is 15.5. The van der Waals surface area contributed by atoms with E-state index in [9.17, 15) is 8.42 Å². The standard InChI is InChI=1S/C14H21ClN2O3S.ClH/c1-11(20-2)10-21(18,19)17-7-6-16-9-14(17)12-4-3-5-13(15)8-12;/h3-5,8,11,14,16H,6-7,9-10H2,1-2H3;1H. The van der Waals surface area contributed by atoms with Crippen LogP contribution in [0.4, 0.5) is 0 Å². The van der Waals surface area contributed by atoms with Crippen molar-refractivity contribution in [1.82, 2.24) is 9.62 Å². The molecule has 1 aromatic carbocycles. The van der Waals surface area contributed by atoms with Gasteiger partial charge in [0.2, 0.25) is 10.0 Å². The van der Waals surface area contributed by atoms with E-state index in [0.717, 1.165) is 5.56 Å².